The van der Waals surface area contributed by atoms with E-state index in [1.54, 1.807) is 12.1 Å². The van der Waals surface area contributed by atoms with Crippen molar-refractivity contribution >= 4 is 0 Å². The molecule has 0 saturated carbocycles. The molecule has 0 saturated heterocycles. The standard InChI is InChI=1S/C9H5FN2O/c10-8-7(5-12)2-1-6(3-4-11)9(8)13/h1-2,13H,3H2. The van der Waals surface area contributed by atoms with E-state index in [4.69, 9.17) is 15.6 Å². The quantitative estimate of drug-likeness (QED) is 0.704. The van der Waals surface area contributed by atoms with E-state index in [9.17, 15) is 4.39 Å². The highest BCUT2D eigenvalue weighted by molar-refractivity contribution is 5.44. The van der Waals surface area contributed by atoms with Gasteiger partial charge in [0.05, 0.1) is 18.1 Å². The molecule has 1 rings (SSSR count). The Morgan fingerprint density at radius 1 is 1.38 bits per heavy atom. The highest BCUT2D eigenvalue weighted by Crippen LogP contribution is 2.24. The molecule has 0 heterocycles. The highest BCUT2D eigenvalue weighted by atomic mass is 19.1. The molecule has 4 heteroatoms. The van der Waals surface area contributed by atoms with Gasteiger partial charge in [-0.2, -0.15) is 10.5 Å². The second-order valence-corrected chi connectivity index (χ2v) is 2.38. The van der Waals surface area contributed by atoms with Crippen molar-refractivity contribution in [3.63, 3.8) is 0 Å². The Labute approximate surface area is 74.3 Å². The van der Waals surface area contributed by atoms with Crippen molar-refractivity contribution in [3.05, 3.63) is 29.1 Å². The molecule has 0 fully saturated rings. The lowest BCUT2D eigenvalue weighted by Gasteiger charge is -2.01. The normalized spacial score (nSPS) is 8.85. The Kier molecular flexibility index (Phi) is 2.47. The number of halogens is 1. The van der Waals surface area contributed by atoms with Gasteiger partial charge in [-0.3, -0.25) is 0 Å². The van der Waals surface area contributed by atoms with Gasteiger partial charge < -0.3 is 5.11 Å². The van der Waals surface area contributed by atoms with Crippen molar-refractivity contribution < 1.29 is 9.50 Å². The van der Waals surface area contributed by atoms with Crippen LogP contribution in [0.4, 0.5) is 4.39 Å². The molecule has 3 nitrogen and oxygen atoms in total. The summed E-state index contributed by atoms with van der Waals surface area (Å²) in [7, 11) is 0. The van der Waals surface area contributed by atoms with Gasteiger partial charge in [0.15, 0.2) is 11.6 Å². The third-order valence-electron chi connectivity index (χ3n) is 1.59. The molecule has 0 atom stereocenters. The molecule has 13 heavy (non-hydrogen) atoms. The first kappa shape index (κ1) is 9.02. The topological polar surface area (TPSA) is 67.8 Å². The third-order valence-corrected chi connectivity index (χ3v) is 1.59. The zero-order chi connectivity index (χ0) is 9.84. The molecule has 0 aliphatic carbocycles. The fraction of sp³-hybridized carbons (Fsp3) is 0.111. The van der Waals surface area contributed by atoms with Gasteiger partial charge in [-0.25, -0.2) is 4.39 Å². The van der Waals surface area contributed by atoms with Gasteiger partial charge >= 0.3 is 0 Å². The van der Waals surface area contributed by atoms with Crippen molar-refractivity contribution in [2.24, 2.45) is 0 Å². The number of aromatic hydroxyl groups is 1. The van der Waals surface area contributed by atoms with Crippen LogP contribution < -0.4 is 0 Å². The molecule has 0 bridgehead atoms. The molecule has 64 valence electrons. The van der Waals surface area contributed by atoms with Gasteiger partial charge in [0.2, 0.25) is 0 Å². The average Bonchev–Trinajstić information content (AvgIpc) is 2.14. The number of phenols is 1. The minimum Gasteiger partial charge on any atom is -0.505 e. The van der Waals surface area contributed by atoms with E-state index in [0.717, 1.165) is 0 Å². The average molecular weight is 176 g/mol. The monoisotopic (exact) mass is 176 g/mol. The maximum absolute atomic E-state index is 13.0. The largest absolute Gasteiger partial charge is 0.505 e. The van der Waals surface area contributed by atoms with Crippen molar-refractivity contribution in [1.29, 1.82) is 10.5 Å². The van der Waals surface area contributed by atoms with E-state index in [-0.39, 0.29) is 17.5 Å². The van der Waals surface area contributed by atoms with Crippen LogP contribution in [0, 0.1) is 28.5 Å². The minimum absolute atomic E-state index is 0.0749. The second kappa shape index (κ2) is 3.55. The van der Waals surface area contributed by atoms with E-state index in [2.05, 4.69) is 0 Å². The van der Waals surface area contributed by atoms with Crippen molar-refractivity contribution in [1.82, 2.24) is 0 Å². The van der Waals surface area contributed by atoms with Crippen LogP contribution in [-0.4, -0.2) is 5.11 Å². The molecule has 0 aliphatic rings. The maximum atomic E-state index is 13.0. The number of rotatable bonds is 1. The molecule has 0 unspecified atom stereocenters. The van der Waals surface area contributed by atoms with E-state index >= 15 is 0 Å². The fourth-order valence-corrected chi connectivity index (χ4v) is 0.919. The third kappa shape index (κ3) is 1.57. The van der Waals surface area contributed by atoms with E-state index in [1.165, 1.54) is 12.1 Å². The predicted molar refractivity (Wildman–Crippen MR) is 42.1 cm³/mol. The number of phenolic OH excluding ortho intramolecular Hbond substituents is 1. The highest BCUT2D eigenvalue weighted by Gasteiger charge is 2.11. The number of nitrogens with zero attached hydrogens (tertiary/aromatic N) is 2. The van der Waals surface area contributed by atoms with Crippen molar-refractivity contribution in [3.8, 4) is 17.9 Å². The number of benzene rings is 1. The minimum atomic E-state index is -0.963. The maximum Gasteiger partial charge on any atom is 0.182 e. The van der Waals surface area contributed by atoms with Gasteiger partial charge in [0, 0.05) is 5.56 Å². The summed E-state index contributed by atoms with van der Waals surface area (Å²) >= 11 is 0. The Balaban J connectivity index is 3.27. The van der Waals surface area contributed by atoms with Gasteiger partial charge in [-0.15, -0.1) is 0 Å². The summed E-state index contributed by atoms with van der Waals surface area (Å²) in [6, 6.07) is 5.97. The van der Waals surface area contributed by atoms with Crippen molar-refractivity contribution in [2.75, 3.05) is 0 Å². The molecular weight excluding hydrogens is 171 g/mol. The van der Waals surface area contributed by atoms with Crippen LogP contribution in [-0.2, 0) is 6.42 Å². The molecule has 1 aromatic carbocycles. The summed E-state index contributed by atoms with van der Waals surface area (Å²) in [6.45, 7) is 0. The van der Waals surface area contributed by atoms with Gasteiger partial charge in [0.1, 0.15) is 6.07 Å². The number of hydrogen-bond acceptors (Lipinski definition) is 3. The van der Waals surface area contributed by atoms with Crippen LogP contribution in [0.5, 0.6) is 5.75 Å². The predicted octanol–water partition coefficient (Wildman–Crippen LogP) is 1.47. The summed E-state index contributed by atoms with van der Waals surface area (Å²) in [5.41, 5.74) is -0.0295. The number of hydrogen-bond donors (Lipinski definition) is 1. The lowest BCUT2D eigenvalue weighted by atomic mass is 10.1. The van der Waals surface area contributed by atoms with Crippen LogP contribution in [0.25, 0.3) is 0 Å². The first-order valence-corrected chi connectivity index (χ1v) is 3.48. The van der Waals surface area contributed by atoms with Crippen molar-refractivity contribution in [2.45, 2.75) is 6.42 Å². The Morgan fingerprint density at radius 3 is 2.62 bits per heavy atom. The van der Waals surface area contributed by atoms with Gasteiger partial charge in [0.25, 0.3) is 0 Å². The fourth-order valence-electron chi connectivity index (χ4n) is 0.919. The zero-order valence-electron chi connectivity index (χ0n) is 6.58. The van der Waals surface area contributed by atoms with Crippen LogP contribution in [0.15, 0.2) is 12.1 Å². The summed E-state index contributed by atoms with van der Waals surface area (Å²) in [4.78, 5) is 0. The van der Waals surface area contributed by atoms with Crippen LogP contribution in [0.2, 0.25) is 0 Å². The molecule has 0 amide bonds. The molecular formula is C9H5FN2O. The Hall–Kier alpha value is -2.07. The van der Waals surface area contributed by atoms with Crippen LogP contribution in [0.3, 0.4) is 0 Å². The first-order chi connectivity index (χ1) is 6.20. The smallest absolute Gasteiger partial charge is 0.182 e. The molecule has 0 aliphatic heterocycles. The van der Waals surface area contributed by atoms with E-state index in [1.807, 2.05) is 0 Å². The summed E-state index contributed by atoms with van der Waals surface area (Å²) in [5, 5.41) is 25.9. The molecule has 0 spiro atoms. The molecule has 0 radical (unpaired) electrons. The summed E-state index contributed by atoms with van der Waals surface area (Å²) < 4.78 is 13.0. The van der Waals surface area contributed by atoms with Gasteiger partial charge in [-0.1, -0.05) is 6.07 Å². The Bertz CT molecular complexity index is 415. The van der Waals surface area contributed by atoms with E-state index in [0.29, 0.717) is 0 Å². The molecule has 1 aromatic rings. The molecule has 1 N–H and O–H groups in total. The zero-order valence-corrected chi connectivity index (χ0v) is 6.58. The summed E-state index contributed by atoms with van der Waals surface area (Å²) in [6.07, 6.45) is -0.0749. The molecule has 0 aromatic heterocycles. The summed E-state index contributed by atoms with van der Waals surface area (Å²) in [5.74, 6) is -1.57. The SMILES string of the molecule is N#CCc1ccc(C#N)c(F)c1O. The van der Waals surface area contributed by atoms with E-state index < -0.39 is 11.6 Å². The van der Waals surface area contributed by atoms with Crippen LogP contribution in [0.1, 0.15) is 11.1 Å². The Morgan fingerprint density at radius 2 is 2.08 bits per heavy atom. The second-order valence-electron chi connectivity index (χ2n) is 2.38. The van der Waals surface area contributed by atoms with Gasteiger partial charge in [-0.05, 0) is 6.07 Å². The lowest BCUT2D eigenvalue weighted by Crippen LogP contribution is -1.90. The van der Waals surface area contributed by atoms with Crippen LogP contribution >= 0.6 is 0 Å². The number of nitriles is 2. The lowest BCUT2D eigenvalue weighted by molar-refractivity contribution is 0.426. The first-order valence-electron chi connectivity index (χ1n) is 3.48.